The standard InChI is InChI=1S/C12H8Cl3NO3S/c13-7-5-9(15)12(17)11(6-7)20(18,19)16-10-4-2-1-3-8(10)14/h1-6,16-17H. The molecule has 2 rings (SSSR count). The van der Waals surface area contributed by atoms with Gasteiger partial charge in [0, 0.05) is 5.02 Å². The van der Waals surface area contributed by atoms with E-state index in [1.807, 2.05) is 0 Å². The first kappa shape index (κ1) is 15.3. The van der Waals surface area contributed by atoms with Crippen molar-refractivity contribution in [3.63, 3.8) is 0 Å². The second-order valence-electron chi connectivity index (χ2n) is 3.82. The van der Waals surface area contributed by atoms with Crippen LogP contribution in [-0.4, -0.2) is 13.5 Å². The number of nitrogens with one attached hydrogen (secondary N) is 1. The largest absolute Gasteiger partial charge is 0.505 e. The molecule has 0 saturated carbocycles. The number of phenols is 1. The van der Waals surface area contributed by atoms with Gasteiger partial charge in [-0.2, -0.15) is 0 Å². The summed E-state index contributed by atoms with van der Waals surface area (Å²) >= 11 is 17.3. The lowest BCUT2D eigenvalue weighted by Crippen LogP contribution is -2.13. The van der Waals surface area contributed by atoms with Crippen LogP contribution in [0.15, 0.2) is 41.3 Å². The molecular weight excluding hydrogens is 345 g/mol. The summed E-state index contributed by atoms with van der Waals surface area (Å²) in [5.74, 6) is -0.573. The maximum absolute atomic E-state index is 12.2. The van der Waals surface area contributed by atoms with Crippen molar-refractivity contribution < 1.29 is 13.5 Å². The van der Waals surface area contributed by atoms with Gasteiger partial charge in [0.2, 0.25) is 0 Å². The summed E-state index contributed by atoms with van der Waals surface area (Å²) in [7, 11) is -4.06. The third-order valence-corrected chi connectivity index (χ3v) is 4.62. The molecule has 0 aromatic heterocycles. The minimum absolute atomic E-state index is 0.0901. The minimum Gasteiger partial charge on any atom is -0.505 e. The van der Waals surface area contributed by atoms with Crippen LogP contribution in [0.4, 0.5) is 5.69 Å². The van der Waals surface area contributed by atoms with Gasteiger partial charge in [-0.25, -0.2) is 8.42 Å². The Kier molecular flexibility index (Phi) is 4.34. The molecule has 106 valence electrons. The van der Waals surface area contributed by atoms with Crippen LogP contribution in [0.2, 0.25) is 15.1 Å². The third kappa shape index (κ3) is 3.12. The lowest BCUT2D eigenvalue weighted by atomic mass is 10.3. The van der Waals surface area contributed by atoms with Crippen molar-refractivity contribution in [2.75, 3.05) is 4.72 Å². The molecule has 0 atom stereocenters. The van der Waals surface area contributed by atoms with Crippen molar-refractivity contribution in [3.8, 4) is 5.75 Å². The number of benzene rings is 2. The summed E-state index contributed by atoms with van der Waals surface area (Å²) < 4.78 is 26.7. The van der Waals surface area contributed by atoms with E-state index in [9.17, 15) is 13.5 Å². The van der Waals surface area contributed by atoms with E-state index in [0.29, 0.717) is 0 Å². The molecule has 0 heterocycles. The van der Waals surface area contributed by atoms with Crippen molar-refractivity contribution in [3.05, 3.63) is 51.5 Å². The lowest BCUT2D eigenvalue weighted by Gasteiger charge is -2.11. The van der Waals surface area contributed by atoms with Crippen molar-refractivity contribution in [2.45, 2.75) is 4.90 Å². The van der Waals surface area contributed by atoms with Crippen molar-refractivity contribution in [2.24, 2.45) is 0 Å². The average Bonchev–Trinajstić information content (AvgIpc) is 2.36. The number of rotatable bonds is 3. The first-order valence-corrected chi connectivity index (χ1v) is 7.88. The van der Waals surface area contributed by atoms with Crippen LogP contribution in [-0.2, 0) is 10.0 Å². The molecule has 2 N–H and O–H groups in total. The lowest BCUT2D eigenvalue weighted by molar-refractivity contribution is 0.459. The summed E-state index contributed by atoms with van der Waals surface area (Å²) in [6.07, 6.45) is 0. The number of anilines is 1. The quantitative estimate of drug-likeness (QED) is 0.872. The van der Waals surface area contributed by atoms with Crippen molar-refractivity contribution in [1.29, 1.82) is 0 Å². The zero-order valence-corrected chi connectivity index (χ0v) is 12.9. The molecule has 0 fully saturated rings. The first-order valence-electron chi connectivity index (χ1n) is 5.26. The monoisotopic (exact) mass is 351 g/mol. The van der Waals surface area contributed by atoms with Crippen LogP contribution in [0.1, 0.15) is 0 Å². The normalized spacial score (nSPS) is 11.3. The van der Waals surface area contributed by atoms with Crippen LogP contribution < -0.4 is 4.72 Å². The fourth-order valence-corrected chi connectivity index (χ4v) is 3.57. The van der Waals surface area contributed by atoms with Crippen LogP contribution in [0, 0.1) is 0 Å². The zero-order valence-electron chi connectivity index (χ0n) is 9.77. The Morgan fingerprint density at radius 2 is 1.65 bits per heavy atom. The van der Waals surface area contributed by atoms with E-state index >= 15 is 0 Å². The third-order valence-electron chi connectivity index (χ3n) is 2.40. The summed E-state index contributed by atoms with van der Waals surface area (Å²) in [5, 5.41) is 9.92. The predicted molar refractivity (Wildman–Crippen MR) is 80.4 cm³/mol. The van der Waals surface area contributed by atoms with Crippen molar-refractivity contribution >= 4 is 50.5 Å². The number of para-hydroxylation sites is 1. The van der Waals surface area contributed by atoms with E-state index < -0.39 is 20.7 Å². The van der Waals surface area contributed by atoms with Gasteiger partial charge in [0.25, 0.3) is 10.0 Å². The summed E-state index contributed by atoms with van der Waals surface area (Å²) in [6.45, 7) is 0. The molecular formula is C12H8Cl3NO3S. The Labute approximate surface area is 131 Å². The minimum atomic E-state index is -4.06. The number of hydrogen-bond donors (Lipinski definition) is 2. The smallest absolute Gasteiger partial charge is 0.265 e. The Hall–Kier alpha value is -1.14. The Balaban J connectivity index is 2.49. The summed E-state index contributed by atoms with van der Waals surface area (Å²) in [4.78, 5) is -0.421. The highest BCUT2D eigenvalue weighted by Gasteiger charge is 2.22. The highest BCUT2D eigenvalue weighted by Crippen LogP contribution is 2.35. The van der Waals surface area contributed by atoms with Gasteiger partial charge in [0.1, 0.15) is 4.90 Å². The number of halogens is 3. The SMILES string of the molecule is O=S(=O)(Nc1ccccc1Cl)c1cc(Cl)cc(Cl)c1O. The molecule has 2 aromatic rings. The van der Waals surface area contributed by atoms with Crippen LogP contribution in [0.25, 0.3) is 0 Å². The fourth-order valence-electron chi connectivity index (χ4n) is 1.49. The Morgan fingerprint density at radius 3 is 2.30 bits per heavy atom. The van der Waals surface area contributed by atoms with Gasteiger partial charge in [-0.1, -0.05) is 46.9 Å². The Bertz CT molecular complexity index is 763. The molecule has 0 aliphatic heterocycles. The van der Waals surface area contributed by atoms with E-state index in [4.69, 9.17) is 34.8 Å². The van der Waals surface area contributed by atoms with E-state index in [1.54, 1.807) is 12.1 Å². The highest BCUT2D eigenvalue weighted by molar-refractivity contribution is 7.92. The Morgan fingerprint density at radius 1 is 1.00 bits per heavy atom. The van der Waals surface area contributed by atoms with Gasteiger partial charge in [0.15, 0.2) is 5.75 Å². The van der Waals surface area contributed by atoms with Gasteiger partial charge in [-0.15, -0.1) is 0 Å². The van der Waals surface area contributed by atoms with E-state index in [0.717, 1.165) is 6.07 Å². The van der Waals surface area contributed by atoms with Gasteiger partial charge in [0.05, 0.1) is 15.7 Å². The van der Waals surface area contributed by atoms with Gasteiger partial charge < -0.3 is 5.11 Å². The van der Waals surface area contributed by atoms with E-state index in [-0.39, 0.29) is 20.8 Å². The maximum Gasteiger partial charge on any atom is 0.265 e. The van der Waals surface area contributed by atoms with Crippen LogP contribution in [0.5, 0.6) is 5.75 Å². The highest BCUT2D eigenvalue weighted by atomic mass is 35.5. The molecule has 0 bridgehead atoms. The number of phenolic OH excluding ortho intramolecular Hbond substituents is 1. The molecule has 0 aliphatic rings. The van der Waals surface area contributed by atoms with Crippen LogP contribution >= 0.6 is 34.8 Å². The topological polar surface area (TPSA) is 66.4 Å². The molecule has 0 aliphatic carbocycles. The first-order chi connectivity index (χ1) is 9.31. The number of sulfonamides is 1. The summed E-state index contributed by atoms with van der Waals surface area (Å²) in [5.41, 5.74) is 0.185. The van der Waals surface area contributed by atoms with Gasteiger partial charge >= 0.3 is 0 Å². The molecule has 0 unspecified atom stereocenters. The molecule has 20 heavy (non-hydrogen) atoms. The van der Waals surface area contributed by atoms with Crippen LogP contribution in [0.3, 0.4) is 0 Å². The summed E-state index contributed by atoms with van der Waals surface area (Å²) in [6, 6.07) is 8.64. The van der Waals surface area contributed by atoms with E-state index in [1.165, 1.54) is 18.2 Å². The van der Waals surface area contributed by atoms with Crippen molar-refractivity contribution in [1.82, 2.24) is 0 Å². The predicted octanol–water partition coefficient (Wildman–Crippen LogP) is 4.15. The maximum atomic E-state index is 12.2. The molecule has 0 spiro atoms. The second kappa shape index (κ2) is 5.69. The number of hydrogen-bond acceptors (Lipinski definition) is 3. The van der Waals surface area contributed by atoms with Gasteiger partial charge in [-0.3, -0.25) is 4.72 Å². The zero-order chi connectivity index (χ0) is 14.9. The molecule has 4 nitrogen and oxygen atoms in total. The fraction of sp³-hybridized carbons (Fsp3) is 0. The molecule has 0 amide bonds. The van der Waals surface area contributed by atoms with E-state index in [2.05, 4.69) is 4.72 Å². The number of aromatic hydroxyl groups is 1. The molecule has 2 aromatic carbocycles. The molecule has 0 saturated heterocycles. The van der Waals surface area contributed by atoms with Gasteiger partial charge in [-0.05, 0) is 24.3 Å². The molecule has 0 radical (unpaired) electrons. The molecule has 8 heteroatoms. The second-order valence-corrected chi connectivity index (χ2v) is 6.72. The average molecular weight is 353 g/mol.